The average Bonchev–Trinajstić information content (AvgIpc) is 3.50. The molecule has 89 heavy (non-hydrogen) atoms. The van der Waals surface area contributed by atoms with E-state index in [0.717, 1.165) is 16.7 Å². The highest BCUT2D eigenvalue weighted by Gasteiger charge is 2.39. The van der Waals surface area contributed by atoms with Crippen LogP contribution in [-0.2, 0) is 84.4 Å². The van der Waals surface area contributed by atoms with Crippen LogP contribution in [0.3, 0.4) is 0 Å². The molecule has 0 spiro atoms. The number of cyclic esters (lactones) is 2. The second-order valence-corrected chi connectivity index (χ2v) is 24.9. The number of nitrogens with one attached hydrogen (secondary N) is 5. The number of esters is 2. The number of aliphatic hydroxyl groups excluding tert-OH is 1. The summed E-state index contributed by atoms with van der Waals surface area (Å²) in [4.78, 5) is 121. The highest BCUT2D eigenvalue weighted by molar-refractivity contribution is 6.31. The molecule has 8 atom stereocenters. The summed E-state index contributed by atoms with van der Waals surface area (Å²) in [5, 5.41) is 26.4. The van der Waals surface area contributed by atoms with E-state index in [2.05, 4.69) is 26.6 Å². The summed E-state index contributed by atoms with van der Waals surface area (Å²) in [5.41, 5.74) is 1.83. The van der Waals surface area contributed by atoms with Crippen molar-refractivity contribution < 1.29 is 76.7 Å². The van der Waals surface area contributed by atoms with Crippen LogP contribution in [-0.4, -0.2) is 162 Å². The van der Waals surface area contributed by atoms with Crippen LogP contribution in [0.5, 0.6) is 0 Å². The maximum Gasteiger partial charge on any atom is 0.347 e. The van der Waals surface area contributed by atoms with Crippen LogP contribution >= 0.6 is 11.6 Å². The Balaban J connectivity index is 1.75. The monoisotopic (exact) mass is 1270 g/mol. The van der Waals surface area contributed by atoms with Crippen molar-refractivity contribution in [2.75, 3.05) is 73.5 Å². The minimum absolute atomic E-state index is 0.0207. The average molecular weight is 1270 g/mol. The number of ether oxygens (including phenoxy) is 6. The predicted molar refractivity (Wildman–Crippen MR) is 339 cm³/mol. The van der Waals surface area contributed by atoms with Gasteiger partial charge in [0.25, 0.3) is 0 Å². The summed E-state index contributed by atoms with van der Waals surface area (Å²) in [6, 6.07) is 10.9. The van der Waals surface area contributed by atoms with Crippen molar-refractivity contribution in [3.63, 3.8) is 0 Å². The lowest BCUT2D eigenvalue weighted by molar-refractivity contribution is -0.180. The van der Waals surface area contributed by atoms with Crippen LogP contribution < -0.4 is 26.6 Å². The van der Waals surface area contributed by atoms with Crippen molar-refractivity contribution in [1.82, 2.24) is 26.6 Å². The number of aryl methyl sites for hydroxylation is 2. The number of rotatable bonds is 38. The van der Waals surface area contributed by atoms with Crippen LogP contribution in [0.4, 0.5) is 0 Å². The van der Waals surface area contributed by atoms with E-state index in [1.807, 2.05) is 77.9 Å². The van der Waals surface area contributed by atoms with E-state index in [4.69, 9.17) is 40.0 Å². The Morgan fingerprint density at radius 3 is 2.04 bits per heavy atom. The normalized spacial score (nSPS) is 18.8. The second kappa shape index (κ2) is 41.3. The molecule has 3 rings (SSSR count). The Morgan fingerprint density at radius 1 is 0.775 bits per heavy atom. The zero-order valence-electron chi connectivity index (χ0n) is 54.5. The lowest BCUT2D eigenvalue weighted by atomic mass is 9.83. The third-order valence-electron chi connectivity index (χ3n) is 15.7. The van der Waals surface area contributed by atoms with E-state index in [0.29, 0.717) is 88.9 Å². The molecule has 0 radical (unpaired) electrons. The molecule has 0 aliphatic carbocycles. The summed E-state index contributed by atoms with van der Waals surface area (Å²) in [7, 11) is 3.13. The van der Waals surface area contributed by atoms with Crippen LogP contribution in [0, 0.1) is 36.0 Å². The molecule has 6 N–H and O–H groups in total. The number of methoxy groups -OCH3 is 1. The predicted octanol–water partition coefficient (Wildman–Crippen LogP) is 6.96. The van der Waals surface area contributed by atoms with Crippen molar-refractivity contribution in [2.45, 2.75) is 182 Å². The number of aliphatic hydroxyl groups is 1. The van der Waals surface area contributed by atoms with Gasteiger partial charge in [0.2, 0.25) is 29.5 Å². The summed E-state index contributed by atoms with van der Waals surface area (Å²) < 4.78 is 33.3. The number of hydrogen-bond acceptors (Lipinski definition) is 16. The zero-order valence-corrected chi connectivity index (χ0v) is 55.2. The number of benzene rings is 2. The van der Waals surface area contributed by atoms with Gasteiger partial charge >= 0.3 is 11.9 Å². The van der Waals surface area contributed by atoms with Gasteiger partial charge in [-0.05, 0) is 99.1 Å². The third-order valence-corrected chi connectivity index (χ3v) is 16.1. The highest BCUT2D eigenvalue weighted by Crippen LogP contribution is 2.31. The van der Waals surface area contributed by atoms with Crippen LogP contribution in [0.2, 0.25) is 5.02 Å². The number of Topliss-reactive ketones (excluding diaryl/α,β-unsaturated/α-hetero) is 2. The molecule has 498 valence electrons. The minimum Gasteiger partial charge on any atom is -0.459 e. The smallest absolute Gasteiger partial charge is 0.347 e. The SMILES string of the molecule is CNC(=O)CCCC(=O)N[C@H](C(=O)C[C@@H](CCCCNC(=O)CCOCCOCCOCCOC)C(=O)CCc1ccc([C@@H](C)[C@H](O)[C@@H](C)[C@@H]2C/C=C/C(=O)N[C@H](Cc3ccc(C)c(Cl)c3)C(=O)NCC(C)(C)C(=O)O[C@@H](CC(C)C)C(=O)O2)cc1)C(C)C. The van der Waals surface area contributed by atoms with Crippen molar-refractivity contribution in [2.24, 2.45) is 29.1 Å². The Kier molecular flexibility index (Phi) is 35.8. The third kappa shape index (κ3) is 29.6. The van der Waals surface area contributed by atoms with Gasteiger partial charge in [-0.25, -0.2) is 4.79 Å². The first-order valence-corrected chi connectivity index (χ1v) is 31.9. The van der Waals surface area contributed by atoms with Crippen molar-refractivity contribution in [1.29, 1.82) is 0 Å². The Labute approximate surface area is 532 Å². The van der Waals surface area contributed by atoms with Gasteiger partial charge in [0.05, 0.1) is 63.8 Å². The summed E-state index contributed by atoms with van der Waals surface area (Å²) in [6.45, 7) is 19.0. The quantitative estimate of drug-likeness (QED) is 0.0293. The molecule has 1 aliphatic heterocycles. The van der Waals surface area contributed by atoms with E-state index < -0.39 is 77.3 Å². The molecule has 2 aromatic carbocycles. The van der Waals surface area contributed by atoms with E-state index in [1.54, 1.807) is 33.9 Å². The maximum absolute atomic E-state index is 14.2. The first kappa shape index (κ1) is 77.1. The molecule has 22 heteroatoms. The molecule has 0 fully saturated rings. The Morgan fingerprint density at radius 2 is 1.42 bits per heavy atom. The van der Waals surface area contributed by atoms with Gasteiger partial charge in [0.15, 0.2) is 11.9 Å². The second-order valence-electron chi connectivity index (χ2n) is 24.5. The molecule has 0 bridgehead atoms. The molecular weight excluding hydrogens is 1170 g/mol. The molecule has 0 saturated heterocycles. The molecule has 0 saturated carbocycles. The molecule has 0 unspecified atom stereocenters. The van der Waals surface area contributed by atoms with Gasteiger partial charge in [-0.2, -0.15) is 0 Å². The van der Waals surface area contributed by atoms with Crippen molar-refractivity contribution >= 4 is 64.6 Å². The molecule has 21 nitrogen and oxygen atoms in total. The van der Waals surface area contributed by atoms with Gasteiger partial charge in [0.1, 0.15) is 17.9 Å². The largest absolute Gasteiger partial charge is 0.459 e. The lowest BCUT2D eigenvalue weighted by Gasteiger charge is -2.33. The highest BCUT2D eigenvalue weighted by atomic mass is 35.5. The Hall–Kier alpha value is -6.10. The molecule has 0 aromatic heterocycles. The van der Waals surface area contributed by atoms with Crippen LogP contribution in [0.25, 0.3) is 0 Å². The summed E-state index contributed by atoms with van der Waals surface area (Å²) >= 11 is 6.41. The van der Waals surface area contributed by atoms with Gasteiger partial charge < -0.3 is 60.1 Å². The number of halogens is 1. The fourth-order valence-corrected chi connectivity index (χ4v) is 10.1. The van der Waals surface area contributed by atoms with E-state index in [-0.39, 0.29) is 106 Å². The van der Waals surface area contributed by atoms with Gasteiger partial charge in [0, 0.05) is 95.0 Å². The number of carbonyl (C=O) groups excluding carboxylic acids is 9. The van der Waals surface area contributed by atoms with Gasteiger partial charge in [-0.1, -0.05) is 102 Å². The summed E-state index contributed by atoms with van der Waals surface area (Å²) in [5.74, 6) is -6.08. The van der Waals surface area contributed by atoms with Gasteiger partial charge in [-0.3, -0.25) is 38.4 Å². The van der Waals surface area contributed by atoms with Crippen LogP contribution in [0.15, 0.2) is 54.6 Å². The van der Waals surface area contributed by atoms with E-state index in [1.165, 1.54) is 19.2 Å². The van der Waals surface area contributed by atoms with E-state index >= 15 is 0 Å². The number of unbranched alkanes of at least 4 members (excludes halogenated alkanes) is 1. The van der Waals surface area contributed by atoms with Crippen molar-refractivity contribution in [3.05, 3.63) is 81.9 Å². The summed E-state index contributed by atoms with van der Waals surface area (Å²) in [6.07, 6.45) is 2.12. The van der Waals surface area contributed by atoms with Gasteiger partial charge in [-0.15, -0.1) is 0 Å². The Bertz CT molecular complexity index is 2590. The number of carbonyl (C=O) groups is 9. The molecule has 1 heterocycles. The standard InChI is InChI=1S/C67H102ClN5O16/c1-43(2)38-57-65(82)88-56(17-14-19-60(78)72-53(40-49-22-21-45(5)52(68)39-49)64(81)71-42-67(8,9)66(83)89-57)47(7)63(80)46(6)50-26-23-48(24-27-50)25-28-54(74)51(41-55(75)62(44(3)4)73-61(79)20-15-18-58(76)69-10)16-12-13-30-70-59(77)29-31-85-34-35-87-37-36-86-33-32-84-11/h14,19,21-24,26-27,39,43-44,46-47,51,53,56-57,62-63,80H,12-13,15-18,20,25,28-38,40-42H2,1-11H3,(H,69,76)(H,70,77)(H,71,81)(H,72,78)(H,73,79)/b19-14+/t46-,47+,51-,53-,56+,57+,62+,63+/m1/s1. The van der Waals surface area contributed by atoms with Crippen LogP contribution in [0.1, 0.15) is 154 Å². The number of ketones is 2. The fraction of sp³-hybridized carbons (Fsp3) is 0.657. The first-order valence-electron chi connectivity index (χ1n) is 31.5. The van der Waals surface area contributed by atoms with E-state index in [9.17, 15) is 48.3 Å². The lowest BCUT2D eigenvalue weighted by Crippen LogP contribution is -2.51. The molecule has 2 aromatic rings. The fourth-order valence-electron chi connectivity index (χ4n) is 9.90. The zero-order chi connectivity index (χ0) is 66.1. The van der Waals surface area contributed by atoms with Crippen molar-refractivity contribution in [3.8, 4) is 0 Å². The number of amides is 5. The molecular formula is C67H102ClN5O16. The maximum atomic E-state index is 14.2. The first-order chi connectivity index (χ1) is 42.3. The molecule has 1 aliphatic rings. The topological polar surface area (TPSA) is 289 Å². The minimum atomic E-state index is -1.31. The molecule has 5 amide bonds. The number of hydrogen-bond donors (Lipinski definition) is 6.